The van der Waals surface area contributed by atoms with E-state index in [2.05, 4.69) is 6.92 Å². The SMILES string of the molecule is CCCCCCCCCCCCCCCCOC1CCCC(CCCOC2CCCCCC2)CC1. The zero-order valence-corrected chi connectivity index (χ0v) is 24.1. The molecule has 0 radical (unpaired) electrons. The molecule has 2 aliphatic carbocycles. The van der Waals surface area contributed by atoms with Crippen molar-refractivity contribution in [2.24, 2.45) is 5.92 Å². The second-order valence-electron chi connectivity index (χ2n) is 12.1. The third kappa shape index (κ3) is 17.9. The molecule has 2 atom stereocenters. The van der Waals surface area contributed by atoms with Crippen LogP contribution in [0.25, 0.3) is 0 Å². The van der Waals surface area contributed by atoms with Gasteiger partial charge < -0.3 is 9.47 Å². The predicted octanol–water partition coefficient (Wildman–Crippen LogP) is 11.0. The monoisotopic (exact) mass is 492 g/mol. The summed E-state index contributed by atoms with van der Waals surface area (Å²) in [5, 5.41) is 0. The Morgan fingerprint density at radius 3 is 1.51 bits per heavy atom. The third-order valence-electron chi connectivity index (χ3n) is 8.80. The second-order valence-corrected chi connectivity index (χ2v) is 12.1. The van der Waals surface area contributed by atoms with Crippen LogP contribution in [0.2, 0.25) is 0 Å². The molecule has 0 bridgehead atoms. The van der Waals surface area contributed by atoms with Gasteiger partial charge in [-0.2, -0.15) is 0 Å². The molecule has 0 heterocycles. The molecule has 0 amide bonds. The van der Waals surface area contributed by atoms with Gasteiger partial charge in [0.05, 0.1) is 12.2 Å². The van der Waals surface area contributed by atoms with Crippen molar-refractivity contribution in [1.82, 2.24) is 0 Å². The summed E-state index contributed by atoms with van der Waals surface area (Å²) in [5.41, 5.74) is 0. The minimum Gasteiger partial charge on any atom is -0.378 e. The topological polar surface area (TPSA) is 18.5 Å². The molecule has 0 saturated heterocycles. The Labute approximate surface area is 221 Å². The van der Waals surface area contributed by atoms with E-state index in [1.165, 1.54) is 173 Å². The van der Waals surface area contributed by atoms with Gasteiger partial charge in [0.2, 0.25) is 0 Å². The molecule has 2 aliphatic rings. The van der Waals surface area contributed by atoms with Crippen LogP contribution in [0.1, 0.15) is 180 Å². The van der Waals surface area contributed by atoms with Gasteiger partial charge in [-0.3, -0.25) is 0 Å². The first kappa shape index (κ1) is 31.1. The molecule has 2 unspecified atom stereocenters. The Kier molecular flexibility index (Phi) is 20.5. The van der Waals surface area contributed by atoms with E-state index in [4.69, 9.17) is 9.47 Å². The van der Waals surface area contributed by atoms with Gasteiger partial charge in [0.25, 0.3) is 0 Å². The first-order chi connectivity index (χ1) is 17.4. The van der Waals surface area contributed by atoms with E-state index in [0.29, 0.717) is 12.2 Å². The highest BCUT2D eigenvalue weighted by Gasteiger charge is 2.19. The van der Waals surface area contributed by atoms with Crippen molar-refractivity contribution in [3.05, 3.63) is 0 Å². The Bertz CT molecular complexity index is 429. The van der Waals surface area contributed by atoms with Gasteiger partial charge in [-0.25, -0.2) is 0 Å². The molecule has 2 fully saturated rings. The fourth-order valence-electron chi connectivity index (χ4n) is 6.38. The summed E-state index contributed by atoms with van der Waals surface area (Å²) in [7, 11) is 0. The number of rotatable bonds is 21. The molecule has 208 valence electrons. The zero-order chi connectivity index (χ0) is 24.7. The van der Waals surface area contributed by atoms with E-state index in [1.807, 2.05) is 0 Å². The standard InChI is InChI=1S/C33H64O2/c1-2-3-4-5-6-7-8-9-10-11-12-13-16-19-29-34-33-26-20-22-31(27-28-33)23-21-30-35-32-24-17-14-15-18-25-32/h31-33H,2-30H2,1H3. The maximum Gasteiger partial charge on any atom is 0.0575 e. The molecule has 2 rings (SSSR count). The van der Waals surface area contributed by atoms with E-state index in [0.717, 1.165) is 19.1 Å². The Hall–Kier alpha value is -0.0800. The molecule has 0 aliphatic heterocycles. The molecular formula is C33H64O2. The molecule has 0 spiro atoms. The third-order valence-corrected chi connectivity index (χ3v) is 8.80. The summed E-state index contributed by atoms with van der Waals surface area (Å²) in [6.45, 7) is 4.31. The van der Waals surface area contributed by atoms with Crippen LogP contribution >= 0.6 is 0 Å². The lowest BCUT2D eigenvalue weighted by atomic mass is 9.95. The molecule has 2 saturated carbocycles. The molecule has 2 nitrogen and oxygen atoms in total. The highest BCUT2D eigenvalue weighted by Crippen LogP contribution is 2.29. The molecule has 0 aromatic heterocycles. The van der Waals surface area contributed by atoms with Crippen LogP contribution in [0.5, 0.6) is 0 Å². The Morgan fingerprint density at radius 2 is 0.914 bits per heavy atom. The largest absolute Gasteiger partial charge is 0.378 e. The zero-order valence-electron chi connectivity index (χ0n) is 24.1. The average Bonchev–Trinajstić information content (AvgIpc) is 3.27. The highest BCUT2D eigenvalue weighted by atomic mass is 16.5. The summed E-state index contributed by atoms with van der Waals surface area (Å²) >= 11 is 0. The highest BCUT2D eigenvalue weighted by molar-refractivity contribution is 4.71. The maximum atomic E-state index is 6.31. The molecule has 0 aromatic carbocycles. The van der Waals surface area contributed by atoms with E-state index in [-0.39, 0.29) is 0 Å². The fourth-order valence-corrected chi connectivity index (χ4v) is 6.38. The predicted molar refractivity (Wildman–Crippen MR) is 153 cm³/mol. The fraction of sp³-hybridized carbons (Fsp3) is 1.00. The van der Waals surface area contributed by atoms with Gasteiger partial charge in [-0.05, 0) is 57.3 Å². The average molecular weight is 493 g/mol. The molecular weight excluding hydrogens is 428 g/mol. The minimum atomic E-state index is 0.546. The lowest BCUT2D eigenvalue weighted by Crippen LogP contribution is -2.14. The van der Waals surface area contributed by atoms with Crippen molar-refractivity contribution in [3.8, 4) is 0 Å². The smallest absolute Gasteiger partial charge is 0.0575 e. The van der Waals surface area contributed by atoms with E-state index >= 15 is 0 Å². The molecule has 2 heteroatoms. The normalized spacial score (nSPS) is 22.2. The first-order valence-electron chi connectivity index (χ1n) is 16.6. The first-order valence-corrected chi connectivity index (χ1v) is 16.6. The van der Waals surface area contributed by atoms with Gasteiger partial charge in [-0.15, -0.1) is 0 Å². The molecule has 0 aromatic rings. The van der Waals surface area contributed by atoms with Gasteiger partial charge in [-0.1, -0.05) is 129 Å². The summed E-state index contributed by atoms with van der Waals surface area (Å²) in [4.78, 5) is 0. The van der Waals surface area contributed by atoms with E-state index < -0.39 is 0 Å². The van der Waals surface area contributed by atoms with Crippen LogP contribution < -0.4 is 0 Å². The van der Waals surface area contributed by atoms with Crippen LogP contribution in [-0.4, -0.2) is 25.4 Å². The van der Waals surface area contributed by atoms with Gasteiger partial charge in [0.1, 0.15) is 0 Å². The van der Waals surface area contributed by atoms with Crippen molar-refractivity contribution in [1.29, 1.82) is 0 Å². The number of unbranched alkanes of at least 4 members (excludes halogenated alkanes) is 13. The minimum absolute atomic E-state index is 0.546. The van der Waals surface area contributed by atoms with Crippen molar-refractivity contribution in [2.45, 2.75) is 192 Å². The van der Waals surface area contributed by atoms with Crippen LogP contribution in [0.4, 0.5) is 0 Å². The van der Waals surface area contributed by atoms with E-state index in [9.17, 15) is 0 Å². The van der Waals surface area contributed by atoms with Crippen molar-refractivity contribution in [2.75, 3.05) is 13.2 Å². The number of hydrogen-bond donors (Lipinski definition) is 0. The van der Waals surface area contributed by atoms with Crippen molar-refractivity contribution >= 4 is 0 Å². The quantitative estimate of drug-likeness (QED) is 0.117. The summed E-state index contributed by atoms with van der Waals surface area (Å²) in [6, 6.07) is 0. The maximum absolute atomic E-state index is 6.31. The van der Waals surface area contributed by atoms with Crippen LogP contribution in [0.3, 0.4) is 0 Å². The lowest BCUT2D eigenvalue weighted by molar-refractivity contribution is 0.0365. The Balaban J connectivity index is 1.33. The van der Waals surface area contributed by atoms with Crippen LogP contribution in [0.15, 0.2) is 0 Å². The van der Waals surface area contributed by atoms with Crippen LogP contribution in [-0.2, 0) is 9.47 Å². The van der Waals surface area contributed by atoms with Crippen molar-refractivity contribution < 1.29 is 9.47 Å². The van der Waals surface area contributed by atoms with Crippen molar-refractivity contribution in [3.63, 3.8) is 0 Å². The summed E-state index contributed by atoms with van der Waals surface area (Å²) in [6.07, 6.45) is 38.7. The summed E-state index contributed by atoms with van der Waals surface area (Å²) < 4.78 is 12.5. The molecule has 35 heavy (non-hydrogen) atoms. The lowest BCUT2D eigenvalue weighted by Gasteiger charge is -2.18. The van der Waals surface area contributed by atoms with Gasteiger partial charge in [0.15, 0.2) is 0 Å². The van der Waals surface area contributed by atoms with Crippen LogP contribution in [0, 0.1) is 5.92 Å². The van der Waals surface area contributed by atoms with Gasteiger partial charge in [0, 0.05) is 13.2 Å². The molecule has 0 N–H and O–H groups in total. The Morgan fingerprint density at radius 1 is 0.429 bits per heavy atom. The van der Waals surface area contributed by atoms with Gasteiger partial charge >= 0.3 is 0 Å². The van der Waals surface area contributed by atoms with E-state index in [1.54, 1.807) is 0 Å². The second kappa shape index (κ2) is 23.1. The number of ether oxygens (including phenoxy) is 2. The number of hydrogen-bond acceptors (Lipinski definition) is 2. The summed E-state index contributed by atoms with van der Waals surface area (Å²) in [5.74, 6) is 0.919.